The zero-order valence-electron chi connectivity index (χ0n) is 18.7. The highest BCUT2D eigenvalue weighted by Gasteiger charge is 2.72. The van der Waals surface area contributed by atoms with E-state index in [-0.39, 0.29) is 0 Å². The SMILES string of the molecule is [O-][S+]1C2=CCC=C2N(c2ccccc2)C12N(c1ccccc1)c1nccnc1N2c1ccccc1. The average molecular weight is 476 g/mol. The number of rotatable bonds is 3. The molecule has 0 N–H and O–H groups in total. The van der Waals surface area contributed by atoms with E-state index in [4.69, 9.17) is 9.97 Å². The third-order valence-electron chi connectivity index (χ3n) is 6.56. The number of aromatic nitrogens is 2. The first-order chi connectivity index (χ1) is 17.3. The molecule has 1 saturated heterocycles. The molecular formula is C28H21N5OS. The third-order valence-corrected chi connectivity index (χ3v) is 8.38. The monoisotopic (exact) mass is 475 g/mol. The van der Waals surface area contributed by atoms with E-state index < -0.39 is 16.3 Å². The van der Waals surface area contributed by atoms with Crippen LogP contribution in [-0.4, -0.2) is 19.6 Å². The normalized spacial score (nSPS) is 19.6. The highest BCUT2D eigenvalue weighted by atomic mass is 32.2. The van der Waals surface area contributed by atoms with E-state index in [1.807, 2.05) is 78.9 Å². The van der Waals surface area contributed by atoms with Gasteiger partial charge in [-0.15, -0.1) is 0 Å². The van der Waals surface area contributed by atoms with Crippen molar-refractivity contribution < 1.29 is 4.55 Å². The van der Waals surface area contributed by atoms with E-state index >= 15 is 0 Å². The molecule has 0 amide bonds. The summed E-state index contributed by atoms with van der Waals surface area (Å²) in [5, 5.41) is -1.17. The summed E-state index contributed by atoms with van der Waals surface area (Å²) in [7, 11) is 0. The van der Waals surface area contributed by atoms with Crippen LogP contribution >= 0.6 is 0 Å². The number of para-hydroxylation sites is 3. The Morgan fingerprint density at radius 3 is 1.57 bits per heavy atom. The Balaban J connectivity index is 1.61. The van der Waals surface area contributed by atoms with Gasteiger partial charge >= 0.3 is 5.12 Å². The van der Waals surface area contributed by atoms with Gasteiger partial charge in [-0.05, 0) is 48.9 Å². The molecule has 35 heavy (non-hydrogen) atoms. The van der Waals surface area contributed by atoms with E-state index in [0.29, 0.717) is 11.6 Å². The van der Waals surface area contributed by atoms with Gasteiger partial charge in [0, 0.05) is 12.4 Å². The molecule has 6 nitrogen and oxygen atoms in total. The Hall–Kier alpha value is -4.07. The van der Waals surface area contributed by atoms with Gasteiger partial charge in [0.05, 0.1) is 28.2 Å². The van der Waals surface area contributed by atoms with E-state index in [1.54, 1.807) is 12.4 Å². The van der Waals surface area contributed by atoms with Gasteiger partial charge in [0.25, 0.3) is 0 Å². The van der Waals surface area contributed by atoms with Crippen LogP contribution in [0.3, 0.4) is 0 Å². The van der Waals surface area contributed by atoms with Crippen molar-refractivity contribution in [2.24, 2.45) is 0 Å². The van der Waals surface area contributed by atoms with E-state index in [0.717, 1.165) is 34.1 Å². The molecule has 0 saturated carbocycles. The molecule has 1 aromatic heterocycles. The Morgan fingerprint density at radius 1 is 0.629 bits per heavy atom. The minimum atomic E-state index is -1.49. The van der Waals surface area contributed by atoms with Gasteiger partial charge in [0.15, 0.2) is 16.5 Å². The standard InChI is InChI=1S/C28H21N5OS/c34-35-25-18-10-17-24(25)31(21-11-4-1-5-12-21)28(35)32(22-13-6-2-7-14-22)26-27(30-20-19-29-26)33(28)23-15-8-3-9-16-23/h1-9,11-20H,10H2. The maximum absolute atomic E-state index is 14.9. The molecule has 1 unspecified atom stereocenters. The zero-order chi connectivity index (χ0) is 23.4. The van der Waals surface area contributed by atoms with Crippen LogP contribution in [0.5, 0.6) is 0 Å². The van der Waals surface area contributed by atoms with E-state index in [9.17, 15) is 4.55 Å². The van der Waals surface area contributed by atoms with Crippen LogP contribution in [0, 0.1) is 0 Å². The van der Waals surface area contributed by atoms with Crippen LogP contribution in [0.1, 0.15) is 6.42 Å². The number of fused-ring (bicyclic) bond motifs is 2. The average Bonchev–Trinajstić information content (AvgIpc) is 3.57. The predicted octanol–water partition coefficient (Wildman–Crippen LogP) is 5.82. The highest BCUT2D eigenvalue weighted by Crippen LogP contribution is 2.61. The second-order valence-corrected chi connectivity index (χ2v) is 9.98. The molecule has 7 heteroatoms. The summed E-state index contributed by atoms with van der Waals surface area (Å²) in [5.74, 6) is 1.33. The van der Waals surface area contributed by atoms with Gasteiger partial charge in [-0.1, -0.05) is 60.7 Å². The van der Waals surface area contributed by atoms with Crippen molar-refractivity contribution in [1.29, 1.82) is 0 Å². The second kappa shape index (κ2) is 7.73. The van der Waals surface area contributed by atoms with Gasteiger partial charge < -0.3 is 4.55 Å². The molecule has 1 atom stereocenters. The maximum atomic E-state index is 14.9. The van der Waals surface area contributed by atoms with E-state index in [1.165, 1.54) is 0 Å². The van der Waals surface area contributed by atoms with Gasteiger partial charge in [-0.25, -0.2) is 19.8 Å². The number of allylic oxidation sites excluding steroid dienone is 2. The van der Waals surface area contributed by atoms with Crippen molar-refractivity contribution in [3.63, 3.8) is 0 Å². The molecule has 2 aliphatic heterocycles. The number of hydrogen-bond donors (Lipinski definition) is 0. The fourth-order valence-electron chi connectivity index (χ4n) is 5.24. The van der Waals surface area contributed by atoms with Crippen LogP contribution in [0.2, 0.25) is 0 Å². The van der Waals surface area contributed by atoms with Crippen molar-refractivity contribution in [3.8, 4) is 0 Å². The summed E-state index contributed by atoms with van der Waals surface area (Å²) < 4.78 is 14.9. The first-order valence-electron chi connectivity index (χ1n) is 11.5. The highest BCUT2D eigenvalue weighted by molar-refractivity contribution is 7.97. The summed E-state index contributed by atoms with van der Waals surface area (Å²) in [4.78, 5) is 16.8. The molecule has 0 bridgehead atoms. The summed E-state index contributed by atoms with van der Waals surface area (Å²) in [6.45, 7) is 0. The summed E-state index contributed by atoms with van der Waals surface area (Å²) in [6, 6.07) is 30.2. The fourth-order valence-corrected chi connectivity index (χ4v) is 7.23. The number of hydrogen-bond acceptors (Lipinski definition) is 6. The van der Waals surface area contributed by atoms with Crippen LogP contribution in [0.4, 0.5) is 28.7 Å². The lowest BCUT2D eigenvalue weighted by atomic mass is 10.2. The van der Waals surface area contributed by atoms with E-state index in [2.05, 4.69) is 39.0 Å². The van der Waals surface area contributed by atoms with Crippen molar-refractivity contribution in [3.05, 3.63) is 126 Å². The Morgan fingerprint density at radius 2 is 1.09 bits per heavy atom. The van der Waals surface area contributed by atoms with Gasteiger partial charge in [0.1, 0.15) is 5.70 Å². The minimum Gasteiger partial charge on any atom is -0.606 e. The smallest absolute Gasteiger partial charge is 0.383 e. The number of anilines is 5. The largest absolute Gasteiger partial charge is 0.606 e. The molecule has 4 aromatic rings. The second-order valence-electron chi connectivity index (χ2n) is 8.45. The van der Waals surface area contributed by atoms with Crippen LogP contribution < -0.4 is 14.7 Å². The topological polar surface area (TPSA) is 58.6 Å². The Bertz CT molecular complexity index is 1390. The van der Waals surface area contributed by atoms with Gasteiger partial charge in [-0.3, -0.25) is 4.90 Å². The first-order valence-corrected chi connectivity index (χ1v) is 12.7. The molecular weight excluding hydrogens is 454 g/mol. The van der Waals surface area contributed by atoms with Crippen LogP contribution in [0.15, 0.2) is 126 Å². The van der Waals surface area contributed by atoms with Crippen molar-refractivity contribution >= 4 is 39.9 Å². The molecule has 1 spiro atoms. The van der Waals surface area contributed by atoms with Gasteiger partial charge in [0.2, 0.25) is 0 Å². The minimum absolute atomic E-state index is 0.665. The fraction of sp³-hybridized carbons (Fsp3) is 0.0714. The third kappa shape index (κ3) is 2.70. The first kappa shape index (κ1) is 20.3. The van der Waals surface area contributed by atoms with Crippen molar-refractivity contribution in [2.45, 2.75) is 11.5 Å². The van der Waals surface area contributed by atoms with Crippen molar-refractivity contribution in [1.82, 2.24) is 9.97 Å². The molecule has 3 aliphatic rings. The maximum Gasteiger partial charge on any atom is 0.383 e. The zero-order valence-corrected chi connectivity index (χ0v) is 19.5. The lowest BCUT2D eigenvalue weighted by molar-refractivity contribution is 0.537. The molecule has 0 radical (unpaired) electrons. The number of nitrogens with zero attached hydrogens (tertiary/aromatic N) is 5. The predicted molar refractivity (Wildman–Crippen MR) is 140 cm³/mol. The molecule has 3 aromatic carbocycles. The molecule has 3 heterocycles. The van der Waals surface area contributed by atoms with Crippen LogP contribution in [0.25, 0.3) is 0 Å². The lowest BCUT2D eigenvalue weighted by Crippen LogP contribution is -2.66. The summed E-state index contributed by atoms with van der Waals surface area (Å²) in [6.07, 6.45) is 8.38. The van der Waals surface area contributed by atoms with Crippen molar-refractivity contribution in [2.75, 3.05) is 14.7 Å². The Kier molecular flexibility index (Phi) is 4.49. The molecule has 1 aliphatic carbocycles. The number of benzene rings is 3. The summed E-state index contributed by atoms with van der Waals surface area (Å²) in [5.41, 5.74) is 3.70. The quantitative estimate of drug-likeness (QED) is 0.348. The van der Waals surface area contributed by atoms with Crippen LogP contribution in [-0.2, 0) is 11.2 Å². The Labute approximate surface area is 206 Å². The lowest BCUT2D eigenvalue weighted by Gasteiger charge is -2.45. The summed E-state index contributed by atoms with van der Waals surface area (Å²) >= 11 is -1.49. The molecule has 7 rings (SSSR count). The molecule has 1 fully saturated rings. The van der Waals surface area contributed by atoms with Gasteiger partial charge in [-0.2, -0.15) is 0 Å². The molecule has 170 valence electrons.